The zero-order chi connectivity index (χ0) is 19.3. The summed E-state index contributed by atoms with van der Waals surface area (Å²) in [6.07, 6.45) is 4.23. The number of carboxylic acids is 1. The maximum Gasteiger partial charge on any atom is 0.325 e. The SMILES string of the molecule is CC(C)(C)OC(=O)C(CNS(C)(=O)=O)NC1CCC(CC(=O)O)CC1. The molecule has 25 heavy (non-hydrogen) atoms. The number of carbonyl (C=O) groups excluding carboxylic acids is 1. The first-order valence-electron chi connectivity index (χ1n) is 8.51. The van der Waals surface area contributed by atoms with Crippen LogP contribution in [0.1, 0.15) is 52.9 Å². The highest BCUT2D eigenvalue weighted by Gasteiger charge is 2.30. The number of hydrogen-bond donors (Lipinski definition) is 3. The van der Waals surface area contributed by atoms with Gasteiger partial charge in [0.05, 0.1) is 6.26 Å². The number of aliphatic carboxylic acids is 1. The summed E-state index contributed by atoms with van der Waals surface area (Å²) in [6.45, 7) is 5.18. The summed E-state index contributed by atoms with van der Waals surface area (Å²) >= 11 is 0. The molecule has 146 valence electrons. The number of esters is 1. The van der Waals surface area contributed by atoms with E-state index >= 15 is 0 Å². The minimum atomic E-state index is -3.42. The molecule has 0 aliphatic heterocycles. The zero-order valence-corrected chi connectivity index (χ0v) is 16.2. The second kappa shape index (κ2) is 8.95. The summed E-state index contributed by atoms with van der Waals surface area (Å²) in [5.74, 6) is -1.14. The van der Waals surface area contributed by atoms with Crippen LogP contribution in [0.15, 0.2) is 0 Å². The van der Waals surface area contributed by atoms with Gasteiger partial charge in [-0.2, -0.15) is 0 Å². The molecule has 0 aromatic heterocycles. The first kappa shape index (κ1) is 21.9. The van der Waals surface area contributed by atoms with E-state index in [-0.39, 0.29) is 24.9 Å². The van der Waals surface area contributed by atoms with E-state index in [0.717, 1.165) is 31.9 Å². The standard InChI is InChI=1S/C16H30N2O6S/c1-16(2,3)24-15(21)13(10-17-25(4,22)23)18-12-7-5-11(6-8-12)9-14(19)20/h11-13,17-18H,5-10H2,1-4H3,(H,19,20). The van der Waals surface area contributed by atoms with Gasteiger partial charge in [-0.05, 0) is 52.4 Å². The Hall–Kier alpha value is -1.19. The van der Waals surface area contributed by atoms with E-state index in [0.29, 0.717) is 0 Å². The van der Waals surface area contributed by atoms with Crippen molar-refractivity contribution in [3.8, 4) is 0 Å². The fourth-order valence-electron chi connectivity index (χ4n) is 2.88. The molecule has 9 heteroatoms. The lowest BCUT2D eigenvalue weighted by Gasteiger charge is -2.32. The smallest absolute Gasteiger partial charge is 0.325 e. The maximum absolute atomic E-state index is 12.4. The highest BCUT2D eigenvalue weighted by atomic mass is 32.2. The number of sulfonamides is 1. The van der Waals surface area contributed by atoms with Crippen LogP contribution in [0.3, 0.4) is 0 Å². The van der Waals surface area contributed by atoms with E-state index in [9.17, 15) is 18.0 Å². The van der Waals surface area contributed by atoms with Crippen molar-refractivity contribution in [2.24, 2.45) is 5.92 Å². The number of rotatable bonds is 8. The minimum absolute atomic E-state index is 0.0314. The van der Waals surface area contributed by atoms with Crippen LogP contribution in [0.25, 0.3) is 0 Å². The molecule has 1 rings (SSSR count). The zero-order valence-electron chi connectivity index (χ0n) is 15.4. The Labute approximate surface area is 149 Å². The predicted octanol–water partition coefficient (Wildman–Crippen LogP) is 0.869. The summed E-state index contributed by atoms with van der Waals surface area (Å²) in [7, 11) is -3.42. The lowest BCUT2D eigenvalue weighted by Crippen LogP contribution is -2.52. The largest absolute Gasteiger partial charge is 0.481 e. The van der Waals surface area contributed by atoms with Gasteiger partial charge in [-0.3, -0.25) is 9.59 Å². The van der Waals surface area contributed by atoms with Crippen molar-refractivity contribution >= 4 is 22.0 Å². The normalized spacial score (nSPS) is 23.0. The quantitative estimate of drug-likeness (QED) is 0.536. The Kier molecular flexibility index (Phi) is 7.83. The summed E-state index contributed by atoms with van der Waals surface area (Å²) in [5.41, 5.74) is -0.665. The molecule has 3 N–H and O–H groups in total. The Balaban J connectivity index is 2.64. The molecule has 0 aromatic rings. The fraction of sp³-hybridized carbons (Fsp3) is 0.875. The van der Waals surface area contributed by atoms with E-state index in [4.69, 9.17) is 9.84 Å². The van der Waals surface area contributed by atoms with Crippen LogP contribution >= 0.6 is 0 Å². The van der Waals surface area contributed by atoms with Crippen molar-refractivity contribution < 1.29 is 27.9 Å². The van der Waals surface area contributed by atoms with Gasteiger partial charge < -0.3 is 15.2 Å². The molecule has 0 spiro atoms. The Morgan fingerprint density at radius 1 is 1.20 bits per heavy atom. The molecule has 0 saturated heterocycles. The Morgan fingerprint density at radius 3 is 2.20 bits per heavy atom. The molecule has 1 fully saturated rings. The van der Waals surface area contributed by atoms with Crippen LogP contribution in [-0.2, 0) is 24.3 Å². The highest BCUT2D eigenvalue weighted by molar-refractivity contribution is 7.88. The van der Waals surface area contributed by atoms with Gasteiger partial charge in [0.25, 0.3) is 0 Å². The second-order valence-corrected chi connectivity index (χ2v) is 9.52. The van der Waals surface area contributed by atoms with E-state index in [1.807, 2.05) is 0 Å². The highest BCUT2D eigenvalue weighted by Crippen LogP contribution is 2.27. The van der Waals surface area contributed by atoms with Gasteiger partial charge in [0.2, 0.25) is 10.0 Å². The third kappa shape index (κ3) is 9.76. The van der Waals surface area contributed by atoms with Gasteiger partial charge >= 0.3 is 11.9 Å². The molecule has 1 aliphatic carbocycles. The summed E-state index contributed by atoms with van der Waals surface area (Å²) in [4.78, 5) is 23.1. The topological polar surface area (TPSA) is 122 Å². The molecule has 0 amide bonds. The van der Waals surface area contributed by atoms with Gasteiger partial charge in [-0.15, -0.1) is 0 Å². The maximum atomic E-state index is 12.4. The van der Waals surface area contributed by atoms with Crippen molar-refractivity contribution in [2.45, 2.75) is 70.6 Å². The molecule has 1 atom stereocenters. The summed E-state index contributed by atoms with van der Waals surface area (Å²) in [5, 5.41) is 12.0. The minimum Gasteiger partial charge on any atom is -0.481 e. The summed E-state index contributed by atoms with van der Waals surface area (Å²) < 4.78 is 30.4. The number of carbonyl (C=O) groups is 2. The van der Waals surface area contributed by atoms with E-state index in [1.54, 1.807) is 20.8 Å². The van der Waals surface area contributed by atoms with Crippen molar-refractivity contribution in [3.05, 3.63) is 0 Å². The molecule has 1 saturated carbocycles. The first-order valence-corrected chi connectivity index (χ1v) is 10.4. The van der Waals surface area contributed by atoms with Crippen LogP contribution in [0.2, 0.25) is 0 Å². The molecule has 0 bridgehead atoms. The molecular weight excluding hydrogens is 348 g/mol. The van der Waals surface area contributed by atoms with Gasteiger partial charge in [0, 0.05) is 19.0 Å². The third-order valence-electron chi connectivity index (χ3n) is 3.99. The summed E-state index contributed by atoms with van der Waals surface area (Å²) in [6, 6.07) is -0.751. The molecule has 1 unspecified atom stereocenters. The second-order valence-electron chi connectivity index (χ2n) is 7.69. The van der Waals surface area contributed by atoms with Crippen LogP contribution in [0.5, 0.6) is 0 Å². The van der Waals surface area contributed by atoms with Crippen LogP contribution in [0.4, 0.5) is 0 Å². The number of nitrogens with one attached hydrogen (secondary N) is 2. The Morgan fingerprint density at radius 2 is 1.76 bits per heavy atom. The van der Waals surface area contributed by atoms with Crippen LogP contribution in [0, 0.1) is 5.92 Å². The van der Waals surface area contributed by atoms with Crippen molar-refractivity contribution in [2.75, 3.05) is 12.8 Å². The molecular formula is C16H30N2O6S. The van der Waals surface area contributed by atoms with E-state index in [1.165, 1.54) is 0 Å². The van der Waals surface area contributed by atoms with Gasteiger partial charge in [0.1, 0.15) is 11.6 Å². The number of hydrogen-bond acceptors (Lipinski definition) is 6. The van der Waals surface area contributed by atoms with Crippen molar-refractivity contribution in [1.82, 2.24) is 10.0 Å². The van der Waals surface area contributed by atoms with Gasteiger partial charge in [-0.25, -0.2) is 13.1 Å². The molecule has 0 radical (unpaired) electrons. The number of carboxylic acid groups (broad SMARTS) is 1. The average Bonchev–Trinajstić information content (AvgIpc) is 2.41. The fourth-order valence-corrected chi connectivity index (χ4v) is 3.35. The van der Waals surface area contributed by atoms with Crippen LogP contribution in [-0.4, -0.2) is 55.9 Å². The van der Waals surface area contributed by atoms with Gasteiger partial charge in [-0.1, -0.05) is 0 Å². The van der Waals surface area contributed by atoms with E-state index in [2.05, 4.69) is 10.0 Å². The lowest BCUT2D eigenvalue weighted by atomic mass is 9.84. The molecule has 0 heterocycles. The van der Waals surface area contributed by atoms with Crippen molar-refractivity contribution in [3.63, 3.8) is 0 Å². The third-order valence-corrected chi connectivity index (χ3v) is 4.68. The molecule has 1 aliphatic rings. The Bertz CT molecular complexity index is 562. The number of ether oxygens (including phenoxy) is 1. The van der Waals surface area contributed by atoms with Crippen molar-refractivity contribution in [1.29, 1.82) is 0 Å². The molecule has 0 aromatic carbocycles. The van der Waals surface area contributed by atoms with Gasteiger partial charge in [0.15, 0.2) is 0 Å². The van der Waals surface area contributed by atoms with E-state index < -0.39 is 33.6 Å². The van der Waals surface area contributed by atoms with Crippen LogP contribution < -0.4 is 10.0 Å². The predicted molar refractivity (Wildman–Crippen MR) is 93.6 cm³/mol. The monoisotopic (exact) mass is 378 g/mol. The first-order chi connectivity index (χ1) is 11.4. The average molecular weight is 378 g/mol. The molecule has 8 nitrogen and oxygen atoms in total. The lowest BCUT2D eigenvalue weighted by molar-refractivity contribution is -0.157.